The Labute approximate surface area is 75.2 Å². The van der Waals surface area contributed by atoms with Gasteiger partial charge in [-0.05, 0) is 13.0 Å². The van der Waals surface area contributed by atoms with Crippen LogP contribution in [0.15, 0.2) is 12.3 Å². The van der Waals surface area contributed by atoms with Gasteiger partial charge in [-0.3, -0.25) is 9.59 Å². The highest BCUT2D eigenvalue weighted by Crippen LogP contribution is 2.20. The van der Waals surface area contributed by atoms with Crippen LogP contribution in [0.2, 0.25) is 0 Å². The first-order valence-electron chi connectivity index (χ1n) is 3.74. The molecule has 0 aliphatic carbocycles. The van der Waals surface area contributed by atoms with E-state index < -0.39 is 0 Å². The zero-order valence-electron chi connectivity index (χ0n) is 7.37. The minimum Gasteiger partial charge on any atom is -0.505 e. The van der Waals surface area contributed by atoms with Gasteiger partial charge in [-0.1, -0.05) is 0 Å². The molecule has 0 amide bonds. The van der Waals surface area contributed by atoms with Crippen LogP contribution in [0.25, 0.3) is 0 Å². The van der Waals surface area contributed by atoms with Crippen molar-refractivity contribution >= 4 is 11.6 Å². The van der Waals surface area contributed by atoms with Crippen LogP contribution in [-0.2, 0) is 0 Å². The van der Waals surface area contributed by atoms with E-state index in [9.17, 15) is 14.7 Å². The third kappa shape index (κ3) is 1.72. The molecule has 0 spiro atoms. The van der Waals surface area contributed by atoms with Crippen molar-refractivity contribution in [3.8, 4) is 5.75 Å². The molecule has 1 N–H and O–H groups in total. The van der Waals surface area contributed by atoms with Crippen LogP contribution in [0.4, 0.5) is 0 Å². The van der Waals surface area contributed by atoms with Gasteiger partial charge in [-0.25, -0.2) is 4.98 Å². The summed E-state index contributed by atoms with van der Waals surface area (Å²) >= 11 is 0. The first-order chi connectivity index (χ1) is 6.04. The van der Waals surface area contributed by atoms with Gasteiger partial charge >= 0.3 is 0 Å². The Kier molecular flexibility index (Phi) is 2.41. The monoisotopic (exact) mass is 179 g/mol. The van der Waals surface area contributed by atoms with Crippen molar-refractivity contribution in [2.75, 3.05) is 0 Å². The maximum absolute atomic E-state index is 10.9. The Morgan fingerprint density at radius 1 is 1.31 bits per heavy atom. The highest BCUT2D eigenvalue weighted by molar-refractivity contribution is 6.02. The molecule has 68 valence electrons. The topological polar surface area (TPSA) is 67.3 Å². The average molecular weight is 179 g/mol. The number of Topliss-reactive ketones (excluding diaryl/α,β-unsaturated/α-hetero) is 2. The highest BCUT2D eigenvalue weighted by Gasteiger charge is 2.14. The summed E-state index contributed by atoms with van der Waals surface area (Å²) in [6.45, 7) is 2.60. The molecule has 0 saturated heterocycles. The molecule has 0 aliphatic heterocycles. The van der Waals surface area contributed by atoms with Crippen LogP contribution < -0.4 is 0 Å². The molecule has 0 aromatic carbocycles. The van der Waals surface area contributed by atoms with E-state index in [-0.39, 0.29) is 28.6 Å². The number of hydrogen-bond acceptors (Lipinski definition) is 4. The Hall–Kier alpha value is -1.71. The van der Waals surface area contributed by atoms with Gasteiger partial charge in [-0.15, -0.1) is 0 Å². The molecule has 4 nitrogen and oxygen atoms in total. The lowest BCUT2D eigenvalue weighted by molar-refractivity contribution is 0.100. The van der Waals surface area contributed by atoms with Crippen LogP contribution in [0.3, 0.4) is 0 Å². The maximum Gasteiger partial charge on any atom is 0.181 e. The fraction of sp³-hybridized carbons (Fsp3) is 0.222. The molecule has 4 heteroatoms. The number of hydrogen-bond donors (Lipinski definition) is 1. The average Bonchev–Trinajstić information content (AvgIpc) is 2.03. The van der Waals surface area contributed by atoms with Crippen molar-refractivity contribution < 1.29 is 14.7 Å². The lowest BCUT2D eigenvalue weighted by Gasteiger charge is -2.02. The number of pyridine rings is 1. The normalized spacial score (nSPS) is 9.69. The quantitative estimate of drug-likeness (QED) is 0.692. The Morgan fingerprint density at radius 3 is 2.38 bits per heavy atom. The first kappa shape index (κ1) is 9.38. The van der Waals surface area contributed by atoms with Crippen molar-refractivity contribution in [2.45, 2.75) is 13.8 Å². The fourth-order valence-corrected chi connectivity index (χ4v) is 0.996. The molecule has 0 bridgehead atoms. The van der Waals surface area contributed by atoms with Gasteiger partial charge in [0.25, 0.3) is 0 Å². The second-order valence-corrected chi connectivity index (χ2v) is 2.67. The molecule has 0 fully saturated rings. The van der Waals surface area contributed by atoms with E-state index in [1.807, 2.05) is 0 Å². The summed E-state index contributed by atoms with van der Waals surface area (Å²) in [6.07, 6.45) is 1.33. The van der Waals surface area contributed by atoms with E-state index in [0.717, 1.165) is 0 Å². The van der Waals surface area contributed by atoms with Gasteiger partial charge in [0.2, 0.25) is 0 Å². The molecule has 13 heavy (non-hydrogen) atoms. The van der Waals surface area contributed by atoms with Crippen LogP contribution in [0.1, 0.15) is 34.7 Å². The molecule has 0 saturated carbocycles. The number of carbonyl (C=O) groups excluding carboxylic acids is 2. The molecule has 0 aliphatic rings. The second-order valence-electron chi connectivity index (χ2n) is 2.67. The van der Waals surface area contributed by atoms with E-state index in [4.69, 9.17) is 0 Å². The van der Waals surface area contributed by atoms with E-state index in [1.54, 1.807) is 0 Å². The molecule has 1 rings (SSSR count). The largest absolute Gasteiger partial charge is 0.505 e. The number of carbonyl (C=O) groups is 2. The van der Waals surface area contributed by atoms with Crippen LogP contribution in [0, 0.1) is 0 Å². The van der Waals surface area contributed by atoms with Crippen molar-refractivity contribution in [1.82, 2.24) is 4.98 Å². The number of rotatable bonds is 2. The molecule has 0 radical (unpaired) electrons. The van der Waals surface area contributed by atoms with Gasteiger partial charge in [0, 0.05) is 13.1 Å². The van der Waals surface area contributed by atoms with Gasteiger partial charge in [0.15, 0.2) is 17.3 Å². The summed E-state index contributed by atoms with van der Waals surface area (Å²) in [6, 6.07) is 1.38. The smallest absolute Gasteiger partial charge is 0.181 e. The zero-order chi connectivity index (χ0) is 10.0. The summed E-state index contributed by atoms with van der Waals surface area (Å²) in [7, 11) is 0. The van der Waals surface area contributed by atoms with Gasteiger partial charge in [0.05, 0.1) is 5.56 Å². The molecule has 0 atom stereocenters. The third-order valence-electron chi connectivity index (χ3n) is 1.64. The van der Waals surface area contributed by atoms with Crippen molar-refractivity contribution in [3.05, 3.63) is 23.5 Å². The number of aromatic nitrogens is 1. The first-order valence-corrected chi connectivity index (χ1v) is 3.74. The van der Waals surface area contributed by atoms with E-state index in [1.165, 1.54) is 26.1 Å². The summed E-state index contributed by atoms with van der Waals surface area (Å²) in [4.78, 5) is 25.5. The summed E-state index contributed by atoms with van der Waals surface area (Å²) in [5.74, 6) is -0.981. The van der Waals surface area contributed by atoms with Gasteiger partial charge < -0.3 is 5.11 Å². The molecular weight excluding hydrogens is 170 g/mol. The Balaban J connectivity index is 3.35. The van der Waals surface area contributed by atoms with Crippen molar-refractivity contribution in [2.24, 2.45) is 0 Å². The van der Waals surface area contributed by atoms with Gasteiger partial charge in [0.1, 0.15) is 5.69 Å². The SMILES string of the molecule is CC(=O)c1ccnc(C(C)=O)c1O. The van der Waals surface area contributed by atoms with Crippen LogP contribution >= 0.6 is 0 Å². The van der Waals surface area contributed by atoms with Crippen LogP contribution in [0.5, 0.6) is 5.75 Å². The summed E-state index contributed by atoms with van der Waals surface area (Å²) in [5, 5.41) is 9.43. The third-order valence-corrected chi connectivity index (χ3v) is 1.64. The van der Waals surface area contributed by atoms with Crippen LogP contribution in [-0.4, -0.2) is 21.7 Å². The summed E-state index contributed by atoms with van der Waals surface area (Å²) in [5.41, 5.74) is 0.0629. The maximum atomic E-state index is 10.9. The molecule has 1 aromatic heterocycles. The standard InChI is InChI=1S/C9H9NO3/c1-5(11)7-3-4-10-8(6(2)12)9(7)13/h3-4,13H,1-2H3. The molecule has 1 heterocycles. The predicted molar refractivity (Wildman–Crippen MR) is 45.9 cm³/mol. The zero-order valence-corrected chi connectivity index (χ0v) is 7.37. The predicted octanol–water partition coefficient (Wildman–Crippen LogP) is 1.19. The highest BCUT2D eigenvalue weighted by atomic mass is 16.3. The number of nitrogens with zero attached hydrogens (tertiary/aromatic N) is 1. The minimum absolute atomic E-state index is 0.0623. The molecule has 1 aromatic rings. The lowest BCUT2D eigenvalue weighted by atomic mass is 10.1. The molecular formula is C9H9NO3. The van der Waals surface area contributed by atoms with E-state index in [2.05, 4.69) is 4.98 Å². The van der Waals surface area contributed by atoms with Gasteiger partial charge in [-0.2, -0.15) is 0 Å². The number of aromatic hydroxyl groups is 1. The fourth-order valence-electron chi connectivity index (χ4n) is 0.996. The van der Waals surface area contributed by atoms with Crippen molar-refractivity contribution in [1.29, 1.82) is 0 Å². The van der Waals surface area contributed by atoms with E-state index >= 15 is 0 Å². The minimum atomic E-state index is -0.361. The van der Waals surface area contributed by atoms with E-state index in [0.29, 0.717) is 0 Å². The lowest BCUT2D eigenvalue weighted by Crippen LogP contribution is -2.02. The Morgan fingerprint density at radius 2 is 1.92 bits per heavy atom. The number of ketones is 2. The molecule has 0 unspecified atom stereocenters. The second kappa shape index (κ2) is 3.35. The summed E-state index contributed by atoms with van der Waals surface area (Å²) < 4.78 is 0. The van der Waals surface area contributed by atoms with Crippen molar-refractivity contribution in [3.63, 3.8) is 0 Å². The Bertz CT molecular complexity index is 339.